The first-order valence-electron chi connectivity index (χ1n) is 5.53. The van der Waals surface area contributed by atoms with Crippen molar-refractivity contribution in [1.29, 1.82) is 0 Å². The number of anilines is 1. The number of hydrogen-bond acceptors (Lipinski definition) is 6. The lowest BCUT2D eigenvalue weighted by atomic mass is 10.1. The Bertz CT molecular complexity index is 674. The first kappa shape index (κ1) is 15.6. The third-order valence-corrected chi connectivity index (χ3v) is 3.59. The van der Waals surface area contributed by atoms with Gasteiger partial charge in [0.15, 0.2) is 5.84 Å². The molecule has 0 aliphatic heterocycles. The molecule has 6 nitrogen and oxygen atoms in total. The van der Waals surface area contributed by atoms with E-state index in [1.165, 1.54) is 6.07 Å². The Morgan fingerprint density at radius 3 is 2.81 bits per heavy atom. The standard InChI is InChI=1S/C10H9ClF3N5OS/c11-5-1-2-6-8(19-21-18-6)7(5)16-3-4(9(15)17-20)10(12,13)14/h1-2,4,16,20H,3H2,(H2,15,17). The van der Waals surface area contributed by atoms with E-state index in [1.54, 1.807) is 6.07 Å². The van der Waals surface area contributed by atoms with Crippen LogP contribution in [-0.2, 0) is 0 Å². The SMILES string of the molecule is N/C(=N/O)C(CNc1c(Cl)ccc2nsnc12)C(F)(F)F. The van der Waals surface area contributed by atoms with E-state index in [2.05, 4.69) is 19.2 Å². The molecule has 0 saturated carbocycles. The molecule has 21 heavy (non-hydrogen) atoms. The van der Waals surface area contributed by atoms with Gasteiger partial charge >= 0.3 is 6.18 Å². The second kappa shape index (κ2) is 5.90. The summed E-state index contributed by atoms with van der Waals surface area (Å²) < 4.78 is 46.5. The minimum absolute atomic E-state index is 0.204. The number of benzene rings is 1. The third kappa shape index (κ3) is 3.27. The monoisotopic (exact) mass is 339 g/mol. The van der Waals surface area contributed by atoms with Gasteiger partial charge in [-0.2, -0.15) is 21.9 Å². The number of alkyl halides is 3. The average Bonchev–Trinajstić information content (AvgIpc) is 2.87. The van der Waals surface area contributed by atoms with Crippen LogP contribution in [0.15, 0.2) is 17.3 Å². The van der Waals surface area contributed by atoms with Crippen LogP contribution in [0.5, 0.6) is 0 Å². The highest BCUT2D eigenvalue weighted by molar-refractivity contribution is 7.00. The normalized spacial score (nSPS) is 14.4. The number of hydrogen-bond donors (Lipinski definition) is 3. The lowest BCUT2D eigenvalue weighted by molar-refractivity contribution is -0.152. The van der Waals surface area contributed by atoms with Gasteiger partial charge in [0.05, 0.1) is 22.4 Å². The number of oxime groups is 1. The quantitative estimate of drug-likeness (QED) is 0.344. The Hall–Kier alpha value is -1.81. The van der Waals surface area contributed by atoms with E-state index in [4.69, 9.17) is 22.5 Å². The highest BCUT2D eigenvalue weighted by Gasteiger charge is 2.42. The molecule has 0 amide bonds. The predicted molar refractivity (Wildman–Crippen MR) is 73.9 cm³/mol. The van der Waals surface area contributed by atoms with Gasteiger partial charge < -0.3 is 16.3 Å². The molecule has 2 rings (SSSR count). The van der Waals surface area contributed by atoms with E-state index in [1.807, 2.05) is 0 Å². The van der Waals surface area contributed by atoms with Crippen LogP contribution >= 0.6 is 23.3 Å². The average molecular weight is 340 g/mol. The van der Waals surface area contributed by atoms with Crippen molar-refractivity contribution in [3.8, 4) is 0 Å². The number of halogens is 4. The number of rotatable bonds is 4. The summed E-state index contributed by atoms with van der Waals surface area (Å²) in [7, 11) is 0. The van der Waals surface area contributed by atoms with Crippen LogP contribution in [0.4, 0.5) is 18.9 Å². The minimum atomic E-state index is -4.66. The number of nitrogens with zero attached hydrogens (tertiary/aromatic N) is 3. The van der Waals surface area contributed by atoms with Crippen LogP contribution in [0.1, 0.15) is 0 Å². The molecule has 0 aliphatic rings. The summed E-state index contributed by atoms with van der Waals surface area (Å²) >= 11 is 6.87. The largest absolute Gasteiger partial charge is 0.409 e. The van der Waals surface area contributed by atoms with Crippen LogP contribution in [0.2, 0.25) is 5.02 Å². The van der Waals surface area contributed by atoms with Crippen LogP contribution in [0.25, 0.3) is 11.0 Å². The first-order valence-corrected chi connectivity index (χ1v) is 6.64. The smallest absolute Gasteiger partial charge is 0.400 e. The summed E-state index contributed by atoms with van der Waals surface area (Å²) in [4.78, 5) is 0. The minimum Gasteiger partial charge on any atom is -0.409 e. The maximum atomic E-state index is 12.8. The fourth-order valence-electron chi connectivity index (χ4n) is 1.66. The van der Waals surface area contributed by atoms with E-state index in [-0.39, 0.29) is 10.7 Å². The molecule has 1 heterocycles. The third-order valence-electron chi connectivity index (χ3n) is 2.73. The fourth-order valence-corrected chi connectivity index (χ4v) is 2.42. The van der Waals surface area contributed by atoms with Crippen LogP contribution in [0.3, 0.4) is 0 Å². The molecule has 1 aromatic heterocycles. The van der Waals surface area contributed by atoms with Crippen molar-refractivity contribution in [3.63, 3.8) is 0 Å². The predicted octanol–water partition coefficient (Wildman–Crippen LogP) is 2.68. The van der Waals surface area contributed by atoms with Gasteiger partial charge in [-0.1, -0.05) is 16.8 Å². The maximum absolute atomic E-state index is 12.8. The van der Waals surface area contributed by atoms with Crippen LogP contribution < -0.4 is 11.1 Å². The zero-order valence-corrected chi connectivity index (χ0v) is 11.8. The Labute approximate surface area is 125 Å². The molecular formula is C10H9ClF3N5OS. The van der Waals surface area contributed by atoms with Crippen molar-refractivity contribution in [1.82, 2.24) is 8.75 Å². The van der Waals surface area contributed by atoms with Crippen molar-refractivity contribution in [2.24, 2.45) is 16.8 Å². The molecule has 1 atom stereocenters. The van der Waals surface area contributed by atoms with Crippen molar-refractivity contribution in [2.75, 3.05) is 11.9 Å². The maximum Gasteiger partial charge on any atom is 0.400 e. The van der Waals surface area contributed by atoms with E-state index >= 15 is 0 Å². The fraction of sp³-hybridized carbons (Fsp3) is 0.300. The van der Waals surface area contributed by atoms with Crippen LogP contribution in [0, 0.1) is 5.92 Å². The van der Waals surface area contributed by atoms with Gasteiger partial charge in [0.25, 0.3) is 0 Å². The van der Waals surface area contributed by atoms with Crippen LogP contribution in [-0.4, -0.2) is 32.5 Å². The molecule has 1 unspecified atom stereocenters. The van der Waals surface area contributed by atoms with Gasteiger partial charge in [-0.05, 0) is 12.1 Å². The first-order chi connectivity index (χ1) is 9.84. The number of nitrogens with one attached hydrogen (secondary N) is 1. The highest BCUT2D eigenvalue weighted by atomic mass is 35.5. The number of nitrogens with two attached hydrogens (primary N) is 1. The summed E-state index contributed by atoms with van der Waals surface area (Å²) in [6.45, 7) is -0.643. The molecule has 0 spiro atoms. The van der Waals surface area contributed by atoms with Gasteiger partial charge in [0.2, 0.25) is 0 Å². The molecule has 4 N–H and O–H groups in total. The van der Waals surface area contributed by atoms with E-state index in [0.717, 1.165) is 11.7 Å². The van der Waals surface area contributed by atoms with Gasteiger partial charge in [-0.15, -0.1) is 0 Å². The second-order valence-electron chi connectivity index (χ2n) is 4.05. The zero-order valence-electron chi connectivity index (χ0n) is 10.2. The summed E-state index contributed by atoms with van der Waals surface area (Å²) in [5.74, 6) is -3.09. The number of aromatic nitrogens is 2. The molecule has 0 aliphatic carbocycles. The van der Waals surface area contributed by atoms with Crippen molar-refractivity contribution in [2.45, 2.75) is 6.18 Å². The lowest BCUT2D eigenvalue weighted by Crippen LogP contribution is -2.40. The topological polar surface area (TPSA) is 96.4 Å². The summed E-state index contributed by atoms with van der Waals surface area (Å²) in [5.41, 5.74) is 6.19. The molecule has 2 aromatic rings. The molecule has 114 valence electrons. The van der Waals surface area contributed by atoms with E-state index in [9.17, 15) is 13.2 Å². The van der Waals surface area contributed by atoms with E-state index < -0.39 is 24.5 Å². The molecule has 0 fully saturated rings. The van der Waals surface area contributed by atoms with Crippen molar-refractivity contribution < 1.29 is 18.4 Å². The Balaban J connectivity index is 2.28. The summed E-state index contributed by atoms with van der Waals surface area (Å²) in [6.07, 6.45) is -4.66. The summed E-state index contributed by atoms with van der Waals surface area (Å²) in [5, 5.41) is 13.6. The Kier molecular flexibility index (Phi) is 4.37. The van der Waals surface area contributed by atoms with E-state index in [0.29, 0.717) is 11.0 Å². The lowest BCUT2D eigenvalue weighted by Gasteiger charge is -2.20. The van der Waals surface area contributed by atoms with Gasteiger partial charge in [0.1, 0.15) is 17.0 Å². The van der Waals surface area contributed by atoms with Gasteiger partial charge in [-0.3, -0.25) is 0 Å². The Morgan fingerprint density at radius 1 is 1.48 bits per heavy atom. The van der Waals surface area contributed by atoms with Crippen molar-refractivity contribution in [3.05, 3.63) is 17.2 Å². The molecule has 0 bridgehead atoms. The zero-order chi connectivity index (χ0) is 15.6. The number of fused-ring (bicyclic) bond motifs is 1. The summed E-state index contributed by atoms with van der Waals surface area (Å²) in [6, 6.07) is 3.11. The van der Waals surface area contributed by atoms with Crippen molar-refractivity contribution >= 4 is 45.9 Å². The molecule has 1 aromatic carbocycles. The molecule has 11 heteroatoms. The molecular weight excluding hydrogens is 331 g/mol. The number of amidine groups is 1. The molecule has 0 radical (unpaired) electrons. The molecule has 0 saturated heterocycles. The Morgan fingerprint density at radius 2 is 2.19 bits per heavy atom. The van der Waals surface area contributed by atoms with Gasteiger partial charge in [0, 0.05) is 6.54 Å². The second-order valence-corrected chi connectivity index (χ2v) is 4.99. The van der Waals surface area contributed by atoms with Gasteiger partial charge in [-0.25, -0.2) is 0 Å². The highest BCUT2D eigenvalue weighted by Crippen LogP contribution is 2.32.